The molecule has 0 aliphatic carbocycles. The van der Waals surface area contributed by atoms with E-state index in [-0.39, 0.29) is 6.42 Å². The van der Waals surface area contributed by atoms with Gasteiger partial charge in [0, 0.05) is 5.56 Å². The van der Waals surface area contributed by atoms with Crippen LogP contribution < -0.4 is 4.74 Å². The first kappa shape index (κ1) is 13.6. The van der Waals surface area contributed by atoms with Crippen LogP contribution in [0, 0.1) is 18.3 Å². The largest absolute Gasteiger partial charge is 0.481 e. The summed E-state index contributed by atoms with van der Waals surface area (Å²) in [6, 6.07) is 14.3. The minimum Gasteiger partial charge on any atom is -0.481 e. The Kier molecular flexibility index (Phi) is 4.02. The quantitative estimate of drug-likeness (QED) is 0.922. The van der Waals surface area contributed by atoms with Crippen molar-refractivity contribution in [2.24, 2.45) is 0 Å². The summed E-state index contributed by atoms with van der Waals surface area (Å²) < 4.78 is 5.78. The molecule has 2 aromatic rings. The second-order valence-corrected chi connectivity index (χ2v) is 4.34. The lowest BCUT2D eigenvalue weighted by Gasteiger charge is -2.13. The monoisotopic (exact) mass is 267 g/mol. The van der Waals surface area contributed by atoms with Gasteiger partial charge in [0.05, 0.1) is 12.0 Å². The number of carbonyl (C=O) groups is 1. The summed E-state index contributed by atoms with van der Waals surface area (Å²) in [5.41, 5.74) is 1.83. The average molecular weight is 267 g/mol. The number of aliphatic carboxylic acids is 1. The highest BCUT2D eigenvalue weighted by molar-refractivity contribution is 5.71. The summed E-state index contributed by atoms with van der Waals surface area (Å²) in [5, 5.41) is 18.0. The molecule has 0 bridgehead atoms. The van der Waals surface area contributed by atoms with Crippen molar-refractivity contribution in [3.05, 3.63) is 59.2 Å². The number of aryl methyl sites for hydroxylation is 1. The van der Waals surface area contributed by atoms with Gasteiger partial charge in [-0.25, -0.2) is 0 Å². The van der Waals surface area contributed by atoms with Crippen molar-refractivity contribution in [2.75, 3.05) is 0 Å². The van der Waals surface area contributed by atoms with Crippen LogP contribution in [0.15, 0.2) is 42.5 Å². The number of ether oxygens (including phenoxy) is 1. The Morgan fingerprint density at radius 3 is 2.70 bits per heavy atom. The van der Waals surface area contributed by atoms with Crippen molar-refractivity contribution in [1.82, 2.24) is 0 Å². The summed E-state index contributed by atoms with van der Waals surface area (Å²) >= 11 is 0. The lowest BCUT2D eigenvalue weighted by molar-refractivity contribution is -0.136. The molecule has 0 spiro atoms. The van der Waals surface area contributed by atoms with E-state index in [1.807, 2.05) is 13.0 Å². The first-order valence-electron chi connectivity index (χ1n) is 6.09. The average Bonchev–Trinajstić information content (AvgIpc) is 2.42. The molecule has 0 aliphatic heterocycles. The summed E-state index contributed by atoms with van der Waals surface area (Å²) in [6.07, 6.45) is -0.121. The van der Waals surface area contributed by atoms with Crippen molar-refractivity contribution in [3.8, 4) is 17.6 Å². The van der Waals surface area contributed by atoms with Crippen molar-refractivity contribution in [3.63, 3.8) is 0 Å². The van der Waals surface area contributed by atoms with Gasteiger partial charge < -0.3 is 9.84 Å². The van der Waals surface area contributed by atoms with Crippen LogP contribution in [0.25, 0.3) is 0 Å². The van der Waals surface area contributed by atoms with Gasteiger partial charge in [-0.2, -0.15) is 5.26 Å². The molecule has 20 heavy (non-hydrogen) atoms. The van der Waals surface area contributed by atoms with Crippen molar-refractivity contribution in [2.45, 2.75) is 13.3 Å². The third kappa shape index (κ3) is 2.96. The van der Waals surface area contributed by atoms with E-state index in [9.17, 15) is 4.79 Å². The lowest BCUT2D eigenvalue weighted by atomic mass is 10.1. The third-order valence-electron chi connectivity index (χ3n) is 2.86. The smallest absolute Gasteiger partial charge is 0.307 e. The number of hydrogen-bond acceptors (Lipinski definition) is 3. The molecule has 2 rings (SSSR count). The molecule has 0 unspecified atom stereocenters. The highest BCUT2D eigenvalue weighted by Crippen LogP contribution is 2.30. The Balaban J connectivity index is 2.41. The molecule has 0 saturated carbocycles. The van der Waals surface area contributed by atoms with Crippen LogP contribution in [0.1, 0.15) is 16.7 Å². The minimum atomic E-state index is -0.925. The Labute approximate surface area is 116 Å². The van der Waals surface area contributed by atoms with Gasteiger partial charge in [0.1, 0.15) is 17.6 Å². The predicted molar refractivity (Wildman–Crippen MR) is 73.7 cm³/mol. The van der Waals surface area contributed by atoms with Gasteiger partial charge in [-0.05, 0) is 24.6 Å². The van der Waals surface area contributed by atoms with Gasteiger partial charge in [0.2, 0.25) is 0 Å². The van der Waals surface area contributed by atoms with Crippen molar-refractivity contribution in [1.29, 1.82) is 5.26 Å². The fraction of sp³-hybridized carbons (Fsp3) is 0.125. The molecule has 4 heteroatoms. The van der Waals surface area contributed by atoms with Crippen LogP contribution in [0.2, 0.25) is 0 Å². The van der Waals surface area contributed by atoms with Crippen LogP contribution in [0.5, 0.6) is 11.5 Å². The maximum Gasteiger partial charge on any atom is 0.307 e. The van der Waals surface area contributed by atoms with E-state index < -0.39 is 5.97 Å². The molecule has 0 amide bonds. The van der Waals surface area contributed by atoms with Gasteiger partial charge in [0.15, 0.2) is 0 Å². The number of carboxylic acid groups (broad SMARTS) is 1. The number of para-hydroxylation sites is 2. The first-order valence-corrected chi connectivity index (χ1v) is 6.09. The topological polar surface area (TPSA) is 70.3 Å². The Bertz CT molecular complexity index is 686. The second kappa shape index (κ2) is 5.89. The van der Waals surface area contributed by atoms with Crippen LogP contribution in [-0.4, -0.2) is 11.1 Å². The molecule has 0 atom stereocenters. The Hall–Kier alpha value is -2.80. The summed E-state index contributed by atoms with van der Waals surface area (Å²) in [6.45, 7) is 1.84. The SMILES string of the molecule is Cc1cccc(C#N)c1Oc1ccccc1CC(=O)O. The van der Waals surface area contributed by atoms with Crippen LogP contribution in [0.3, 0.4) is 0 Å². The highest BCUT2D eigenvalue weighted by atomic mass is 16.5. The Morgan fingerprint density at radius 2 is 2.00 bits per heavy atom. The van der Waals surface area contributed by atoms with Gasteiger partial charge in [-0.3, -0.25) is 4.79 Å². The minimum absolute atomic E-state index is 0.121. The molecule has 0 fully saturated rings. The van der Waals surface area contributed by atoms with Crippen molar-refractivity contribution < 1.29 is 14.6 Å². The lowest BCUT2D eigenvalue weighted by Crippen LogP contribution is -2.02. The number of benzene rings is 2. The van der Waals surface area contributed by atoms with Gasteiger partial charge in [-0.1, -0.05) is 30.3 Å². The summed E-state index contributed by atoms with van der Waals surface area (Å²) in [7, 11) is 0. The number of nitriles is 1. The van der Waals surface area contributed by atoms with E-state index in [0.717, 1.165) is 5.56 Å². The number of carboxylic acids is 1. The molecule has 0 aromatic heterocycles. The predicted octanol–water partition coefficient (Wildman–Crippen LogP) is 3.29. The molecule has 1 N–H and O–H groups in total. The van der Waals surface area contributed by atoms with E-state index in [1.54, 1.807) is 36.4 Å². The second-order valence-electron chi connectivity index (χ2n) is 4.34. The standard InChI is InChI=1S/C16H13NO3/c1-11-5-4-7-13(10-17)16(11)20-14-8-3-2-6-12(14)9-15(18)19/h2-8H,9H2,1H3,(H,18,19). The van der Waals surface area contributed by atoms with Crippen molar-refractivity contribution >= 4 is 5.97 Å². The fourth-order valence-corrected chi connectivity index (χ4v) is 1.90. The maximum atomic E-state index is 10.9. The zero-order valence-electron chi connectivity index (χ0n) is 11.0. The molecule has 2 aromatic carbocycles. The zero-order valence-corrected chi connectivity index (χ0v) is 11.0. The number of rotatable bonds is 4. The van der Waals surface area contributed by atoms with E-state index in [1.165, 1.54) is 0 Å². The third-order valence-corrected chi connectivity index (χ3v) is 2.86. The molecular formula is C16H13NO3. The molecule has 0 aliphatic rings. The fourth-order valence-electron chi connectivity index (χ4n) is 1.90. The van der Waals surface area contributed by atoms with E-state index >= 15 is 0 Å². The van der Waals surface area contributed by atoms with Crippen LogP contribution in [-0.2, 0) is 11.2 Å². The summed E-state index contributed by atoms with van der Waals surface area (Å²) in [5.74, 6) is -0.000112. The zero-order chi connectivity index (χ0) is 14.5. The maximum absolute atomic E-state index is 10.9. The summed E-state index contributed by atoms with van der Waals surface area (Å²) in [4.78, 5) is 10.9. The molecule has 100 valence electrons. The van der Waals surface area contributed by atoms with E-state index in [0.29, 0.717) is 22.6 Å². The number of nitrogens with zero attached hydrogens (tertiary/aromatic N) is 1. The van der Waals surface area contributed by atoms with Crippen LogP contribution >= 0.6 is 0 Å². The number of hydrogen-bond donors (Lipinski definition) is 1. The normalized spacial score (nSPS) is 9.80. The van der Waals surface area contributed by atoms with E-state index in [4.69, 9.17) is 15.1 Å². The van der Waals surface area contributed by atoms with Gasteiger partial charge in [-0.15, -0.1) is 0 Å². The molecule has 4 nitrogen and oxygen atoms in total. The molecule has 0 heterocycles. The van der Waals surface area contributed by atoms with Crippen LogP contribution in [0.4, 0.5) is 0 Å². The molecular weight excluding hydrogens is 254 g/mol. The highest BCUT2D eigenvalue weighted by Gasteiger charge is 2.12. The van der Waals surface area contributed by atoms with Gasteiger partial charge >= 0.3 is 5.97 Å². The molecule has 0 saturated heterocycles. The first-order chi connectivity index (χ1) is 9.61. The van der Waals surface area contributed by atoms with E-state index in [2.05, 4.69) is 6.07 Å². The molecule has 0 radical (unpaired) electrons. The van der Waals surface area contributed by atoms with Gasteiger partial charge in [0.25, 0.3) is 0 Å². The Morgan fingerprint density at radius 1 is 1.25 bits per heavy atom.